The van der Waals surface area contributed by atoms with E-state index in [9.17, 15) is 4.79 Å². The number of hydrogen-bond donors (Lipinski definition) is 0. The molecule has 6 nitrogen and oxygen atoms in total. The summed E-state index contributed by atoms with van der Waals surface area (Å²) in [5.74, 6) is 1.29. The molecule has 0 aliphatic rings. The van der Waals surface area contributed by atoms with Crippen molar-refractivity contribution < 1.29 is 0 Å². The lowest BCUT2D eigenvalue weighted by Crippen LogP contribution is -2.15. The quantitative estimate of drug-likeness (QED) is 0.344. The lowest BCUT2D eigenvalue weighted by molar-refractivity contribution is 0.884. The third-order valence-corrected chi connectivity index (χ3v) is 6.41. The van der Waals surface area contributed by atoms with Gasteiger partial charge in [0.25, 0.3) is 5.56 Å². The largest absolute Gasteiger partial charge is 0.270 e. The van der Waals surface area contributed by atoms with Crippen molar-refractivity contribution in [3.8, 4) is 17.1 Å². The zero-order valence-electron chi connectivity index (χ0n) is 18.7. The molecule has 0 N–H and O–H groups in total. The molecule has 3 aromatic heterocycles. The molecular formula is C26H23N5OS. The average molecular weight is 454 g/mol. The molecule has 33 heavy (non-hydrogen) atoms. The summed E-state index contributed by atoms with van der Waals surface area (Å²) in [6, 6.07) is 22.0. The Balaban J connectivity index is 1.52. The van der Waals surface area contributed by atoms with Crippen molar-refractivity contribution in [2.45, 2.75) is 31.7 Å². The van der Waals surface area contributed by atoms with Gasteiger partial charge in [0, 0.05) is 29.3 Å². The maximum absolute atomic E-state index is 12.6. The third-order valence-electron chi connectivity index (χ3n) is 5.44. The summed E-state index contributed by atoms with van der Waals surface area (Å²) in [7, 11) is 0. The van der Waals surface area contributed by atoms with Crippen LogP contribution in [0.25, 0.3) is 22.7 Å². The standard InChI is InChI=1S/C26H23N5OS/c1-17-4-9-20(10-5-17)25-28-29-26(31(25)22-11-6-18(2)7-12-22)33-16-21-14-24(32)30-15-19(3)8-13-23(30)27-21/h4-15H,16H2,1-3H3. The summed E-state index contributed by atoms with van der Waals surface area (Å²) in [5.41, 5.74) is 6.66. The van der Waals surface area contributed by atoms with Crippen LogP contribution in [-0.4, -0.2) is 24.1 Å². The molecule has 5 rings (SSSR count). The molecule has 0 spiro atoms. The fourth-order valence-electron chi connectivity index (χ4n) is 3.65. The second-order valence-electron chi connectivity index (χ2n) is 8.15. The van der Waals surface area contributed by atoms with Gasteiger partial charge in [-0.1, -0.05) is 65.4 Å². The molecule has 0 unspecified atom stereocenters. The molecule has 0 saturated heterocycles. The smallest absolute Gasteiger partial charge is 0.258 e. The first kappa shape index (κ1) is 21.2. The number of hydrogen-bond acceptors (Lipinski definition) is 5. The first-order valence-corrected chi connectivity index (χ1v) is 11.7. The van der Waals surface area contributed by atoms with E-state index in [2.05, 4.69) is 82.1 Å². The molecule has 5 aromatic rings. The highest BCUT2D eigenvalue weighted by Gasteiger charge is 2.17. The molecule has 0 bridgehead atoms. The molecule has 7 heteroatoms. The zero-order valence-corrected chi connectivity index (χ0v) is 19.5. The van der Waals surface area contributed by atoms with Crippen LogP contribution in [0, 0.1) is 20.8 Å². The molecule has 0 aliphatic carbocycles. The van der Waals surface area contributed by atoms with Gasteiger partial charge in [-0.15, -0.1) is 10.2 Å². The summed E-state index contributed by atoms with van der Waals surface area (Å²) in [5, 5.41) is 9.75. The number of benzene rings is 2. The van der Waals surface area contributed by atoms with Crippen molar-refractivity contribution in [1.29, 1.82) is 0 Å². The minimum atomic E-state index is -0.0837. The van der Waals surface area contributed by atoms with E-state index in [1.807, 2.05) is 25.3 Å². The molecule has 0 amide bonds. The Morgan fingerprint density at radius 3 is 2.21 bits per heavy atom. The number of thioether (sulfide) groups is 1. The molecule has 164 valence electrons. The van der Waals surface area contributed by atoms with Crippen LogP contribution in [0.1, 0.15) is 22.4 Å². The fourth-order valence-corrected chi connectivity index (χ4v) is 4.49. The minimum Gasteiger partial charge on any atom is -0.270 e. The number of aromatic nitrogens is 5. The molecule has 0 saturated carbocycles. The monoisotopic (exact) mass is 453 g/mol. The summed E-state index contributed by atoms with van der Waals surface area (Å²) in [6.45, 7) is 6.09. The summed E-state index contributed by atoms with van der Waals surface area (Å²) in [4.78, 5) is 17.2. The average Bonchev–Trinajstić information content (AvgIpc) is 3.23. The van der Waals surface area contributed by atoms with E-state index < -0.39 is 0 Å². The van der Waals surface area contributed by atoms with E-state index in [0.717, 1.165) is 27.8 Å². The van der Waals surface area contributed by atoms with Crippen LogP contribution in [-0.2, 0) is 5.75 Å². The van der Waals surface area contributed by atoms with Crippen LogP contribution < -0.4 is 5.56 Å². The van der Waals surface area contributed by atoms with E-state index in [4.69, 9.17) is 0 Å². The van der Waals surface area contributed by atoms with Gasteiger partial charge in [0.1, 0.15) is 5.65 Å². The van der Waals surface area contributed by atoms with Crippen molar-refractivity contribution in [2.24, 2.45) is 0 Å². The second-order valence-corrected chi connectivity index (χ2v) is 9.09. The molecule has 0 aliphatic heterocycles. The van der Waals surface area contributed by atoms with Gasteiger partial charge in [0.05, 0.1) is 5.69 Å². The van der Waals surface area contributed by atoms with Gasteiger partial charge in [-0.3, -0.25) is 13.8 Å². The fraction of sp³-hybridized carbons (Fsp3) is 0.154. The number of pyridine rings is 1. The van der Waals surface area contributed by atoms with E-state index in [-0.39, 0.29) is 5.56 Å². The van der Waals surface area contributed by atoms with Crippen molar-refractivity contribution in [3.63, 3.8) is 0 Å². The topological polar surface area (TPSA) is 65.1 Å². The van der Waals surface area contributed by atoms with Gasteiger partial charge in [-0.05, 0) is 44.5 Å². The second kappa shape index (κ2) is 8.67. The van der Waals surface area contributed by atoms with Crippen molar-refractivity contribution in [1.82, 2.24) is 24.1 Å². The first-order chi connectivity index (χ1) is 16.0. The van der Waals surface area contributed by atoms with E-state index >= 15 is 0 Å². The van der Waals surface area contributed by atoms with Crippen LogP contribution in [0.5, 0.6) is 0 Å². The lowest BCUT2D eigenvalue weighted by Gasteiger charge is -2.11. The first-order valence-electron chi connectivity index (χ1n) is 10.7. The van der Waals surface area contributed by atoms with Crippen molar-refractivity contribution in [2.75, 3.05) is 0 Å². The molecule has 2 aromatic carbocycles. The Morgan fingerprint density at radius 1 is 0.818 bits per heavy atom. The van der Waals surface area contributed by atoms with Crippen molar-refractivity contribution >= 4 is 17.4 Å². The Hall–Kier alpha value is -3.71. The normalized spacial score (nSPS) is 11.2. The number of nitrogens with zero attached hydrogens (tertiary/aromatic N) is 5. The highest BCUT2D eigenvalue weighted by atomic mass is 32.2. The summed E-state index contributed by atoms with van der Waals surface area (Å²) < 4.78 is 3.64. The van der Waals surface area contributed by atoms with E-state index in [0.29, 0.717) is 17.1 Å². The summed E-state index contributed by atoms with van der Waals surface area (Å²) >= 11 is 1.52. The van der Waals surface area contributed by atoms with Crippen LogP contribution in [0.3, 0.4) is 0 Å². The van der Waals surface area contributed by atoms with Crippen LogP contribution in [0.15, 0.2) is 82.9 Å². The highest BCUT2D eigenvalue weighted by Crippen LogP contribution is 2.29. The maximum Gasteiger partial charge on any atom is 0.258 e. The number of rotatable bonds is 5. The Bertz CT molecular complexity index is 1500. The highest BCUT2D eigenvalue weighted by molar-refractivity contribution is 7.98. The van der Waals surface area contributed by atoms with Gasteiger partial charge in [-0.2, -0.15) is 0 Å². The lowest BCUT2D eigenvalue weighted by atomic mass is 10.1. The van der Waals surface area contributed by atoms with Crippen LogP contribution in [0.2, 0.25) is 0 Å². The Labute approximate surface area is 196 Å². The van der Waals surface area contributed by atoms with Gasteiger partial charge in [-0.25, -0.2) is 4.98 Å². The molecular weight excluding hydrogens is 430 g/mol. The van der Waals surface area contributed by atoms with Gasteiger partial charge < -0.3 is 0 Å². The molecule has 3 heterocycles. The SMILES string of the molecule is Cc1ccc(-c2nnc(SCc3cc(=O)n4cc(C)ccc4n3)n2-c2ccc(C)cc2)cc1. The van der Waals surface area contributed by atoms with Gasteiger partial charge in [0.15, 0.2) is 11.0 Å². The van der Waals surface area contributed by atoms with Crippen LogP contribution in [0.4, 0.5) is 0 Å². The maximum atomic E-state index is 12.6. The van der Waals surface area contributed by atoms with Crippen LogP contribution >= 0.6 is 11.8 Å². The van der Waals surface area contributed by atoms with E-state index in [1.54, 1.807) is 10.5 Å². The molecule has 0 fully saturated rings. The molecule has 0 atom stereocenters. The van der Waals surface area contributed by atoms with Gasteiger partial charge in [0.2, 0.25) is 0 Å². The predicted octanol–water partition coefficient (Wildman–Crippen LogP) is 5.16. The van der Waals surface area contributed by atoms with Gasteiger partial charge >= 0.3 is 0 Å². The van der Waals surface area contributed by atoms with Crippen molar-refractivity contribution in [3.05, 3.63) is 106 Å². The Morgan fingerprint density at radius 2 is 1.48 bits per heavy atom. The Kier molecular flexibility index (Phi) is 5.56. The number of fused-ring (bicyclic) bond motifs is 1. The van der Waals surface area contributed by atoms with E-state index in [1.165, 1.54) is 22.9 Å². The zero-order chi connectivity index (χ0) is 22.9. The molecule has 0 radical (unpaired) electrons. The third kappa shape index (κ3) is 4.32. The predicted molar refractivity (Wildman–Crippen MR) is 132 cm³/mol. The summed E-state index contributed by atoms with van der Waals surface area (Å²) in [6.07, 6.45) is 1.81. The minimum absolute atomic E-state index is 0.0837. The number of aryl methyl sites for hydroxylation is 3.